The first-order valence-corrected chi connectivity index (χ1v) is 8.97. The van der Waals surface area contributed by atoms with E-state index in [1.54, 1.807) is 66.7 Å². The maximum absolute atomic E-state index is 12.4. The Hall–Kier alpha value is -3.12. The fourth-order valence-electron chi connectivity index (χ4n) is 2.47. The summed E-state index contributed by atoms with van der Waals surface area (Å²) in [7, 11) is 1.52. The van der Waals surface area contributed by atoms with E-state index in [-0.39, 0.29) is 11.8 Å². The maximum Gasteiger partial charge on any atom is 0.255 e. The number of rotatable bonds is 5. The molecule has 0 aromatic heterocycles. The Morgan fingerprint density at radius 2 is 1.44 bits per heavy atom. The lowest BCUT2D eigenvalue weighted by Gasteiger charge is -2.13. The minimum Gasteiger partial charge on any atom is -0.495 e. The molecule has 2 amide bonds. The summed E-state index contributed by atoms with van der Waals surface area (Å²) in [5, 5.41) is 5.64. The van der Waals surface area contributed by atoms with Crippen molar-refractivity contribution in [3.63, 3.8) is 0 Å². The van der Waals surface area contributed by atoms with E-state index in [1.807, 2.05) is 6.07 Å². The molecule has 6 heteroatoms. The lowest BCUT2D eigenvalue weighted by atomic mass is 10.2. The van der Waals surface area contributed by atoms with Crippen molar-refractivity contribution in [3.8, 4) is 5.75 Å². The second-order valence-electron chi connectivity index (χ2n) is 5.70. The Bertz CT molecular complexity index is 957. The van der Waals surface area contributed by atoms with Crippen molar-refractivity contribution in [3.05, 3.63) is 88.4 Å². The summed E-state index contributed by atoms with van der Waals surface area (Å²) < 4.78 is 6.20. The minimum atomic E-state index is -0.259. The number of benzene rings is 3. The average Bonchev–Trinajstić information content (AvgIpc) is 2.69. The van der Waals surface area contributed by atoms with Crippen LogP contribution in [0.5, 0.6) is 5.75 Å². The number of amides is 2. The number of anilines is 2. The van der Waals surface area contributed by atoms with Crippen molar-refractivity contribution >= 4 is 39.1 Å². The molecule has 0 aliphatic heterocycles. The quantitative estimate of drug-likeness (QED) is 0.607. The highest BCUT2D eigenvalue weighted by Crippen LogP contribution is 2.28. The zero-order valence-corrected chi connectivity index (χ0v) is 16.1. The summed E-state index contributed by atoms with van der Waals surface area (Å²) >= 11 is 3.34. The van der Waals surface area contributed by atoms with Gasteiger partial charge in [-0.1, -0.05) is 34.1 Å². The summed E-state index contributed by atoms with van der Waals surface area (Å²) in [6.07, 6.45) is 0. The van der Waals surface area contributed by atoms with Crippen LogP contribution in [0.4, 0.5) is 11.4 Å². The lowest BCUT2D eigenvalue weighted by Crippen LogP contribution is -2.14. The zero-order chi connectivity index (χ0) is 19.2. The number of halogens is 1. The van der Waals surface area contributed by atoms with Gasteiger partial charge < -0.3 is 15.4 Å². The summed E-state index contributed by atoms with van der Waals surface area (Å²) in [5.41, 5.74) is 2.08. The highest BCUT2D eigenvalue weighted by molar-refractivity contribution is 9.10. The first-order valence-electron chi connectivity index (χ1n) is 8.18. The molecule has 3 aromatic rings. The van der Waals surface area contributed by atoms with Crippen molar-refractivity contribution in [1.82, 2.24) is 0 Å². The molecule has 0 atom stereocenters. The van der Waals surface area contributed by atoms with Crippen molar-refractivity contribution in [1.29, 1.82) is 0 Å². The van der Waals surface area contributed by atoms with Gasteiger partial charge in [0, 0.05) is 21.3 Å². The van der Waals surface area contributed by atoms with E-state index in [4.69, 9.17) is 4.74 Å². The monoisotopic (exact) mass is 424 g/mol. The van der Waals surface area contributed by atoms with Crippen LogP contribution < -0.4 is 15.4 Å². The number of carbonyl (C=O) groups excluding carboxylic acids is 2. The molecule has 0 saturated heterocycles. The molecule has 0 heterocycles. The van der Waals surface area contributed by atoms with Gasteiger partial charge in [-0.2, -0.15) is 0 Å². The van der Waals surface area contributed by atoms with Gasteiger partial charge in [-0.25, -0.2) is 0 Å². The molecule has 27 heavy (non-hydrogen) atoms. The van der Waals surface area contributed by atoms with Gasteiger partial charge in [0.1, 0.15) is 5.75 Å². The molecule has 3 aromatic carbocycles. The Morgan fingerprint density at radius 1 is 0.815 bits per heavy atom. The summed E-state index contributed by atoms with van der Waals surface area (Å²) in [6, 6.07) is 21.0. The second-order valence-corrected chi connectivity index (χ2v) is 6.61. The van der Waals surface area contributed by atoms with Crippen molar-refractivity contribution in [2.24, 2.45) is 0 Å². The molecule has 0 saturated carbocycles. The van der Waals surface area contributed by atoms with Crippen LogP contribution in [-0.4, -0.2) is 18.9 Å². The molecule has 5 nitrogen and oxygen atoms in total. The standard InChI is InChI=1S/C21H17BrN2O3/c1-27-19-12-11-17(23-20(25)15-7-9-16(22)10-8-15)13-18(19)24-21(26)14-5-3-2-4-6-14/h2-13H,1H3,(H,23,25)(H,24,26). The van der Waals surface area contributed by atoms with Gasteiger partial charge >= 0.3 is 0 Å². The number of carbonyl (C=O) groups is 2. The van der Waals surface area contributed by atoms with Crippen LogP contribution in [0.25, 0.3) is 0 Å². The van der Waals surface area contributed by atoms with Gasteiger partial charge in [0.25, 0.3) is 11.8 Å². The average molecular weight is 425 g/mol. The van der Waals surface area contributed by atoms with Gasteiger partial charge in [0.15, 0.2) is 0 Å². The second kappa shape index (κ2) is 8.51. The number of methoxy groups -OCH3 is 1. The first kappa shape index (κ1) is 18.7. The third-order valence-electron chi connectivity index (χ3n) is 3.85. The van der Waals surface area contributed by atoms with E-state index < -0.39 is 0 Å². The van der Waals surface area contributed by atoms with E-state index in [0.29, 0.717) is 28.3 Å². The fourth-order valence-corrected chi connectivity index (χ4v) is 2.74. The Labute approximate surface area is 165 Å². The largest absolute Gasteiger partial charge is 0.495 e. The van der Waals surface area contributed by atoms with Gasteiger partial charge in [-0.3, -0.25) is 9.59 Å². The van der Waals surface area contributed by atoms with Gasteiger partial charge in [0.2, 0.25) is 0 Å². The maximum atomic E-state index is 12.4. The third-order valence-corrected chi connectivity index (χ3v) is 4.38. The highest BCUT2D eigenvalue weighted by Gasteiger charge is 2.12. The van der Waals surface area contributed by atoms with Crippen molar-refractivity contribution in [2.75, 3.05) is 17.7 Å². The van der Waals surface area contributed by atoms with Crippen LogP contribution in [0.15, 0.2) is 77.3 Å². The van der Waals surface area contributed by atoms with Crippen molar-refractivity contribution in [2.45, 2.75) is 0 Å². The molecule has 136 valence electrons. The van der Waals surface area contributed by atoms with E-state index in [2.05, 4.69) is 26.6 Å². The predicted molar refractivity (Wildman–Crippen MR) is 109 cm³/mol. The van der Waals surface area contributed by atoms with Gasteiger partial charge in [0.05, 0.1) is 12.8 Å². The van der Waals surface area contributed by atoms with Crippen LogP contribution in [0.3, 0.4) is 0 Å². The molecule has 0 aliphatic carbocycles. The van der Waals surface area contributed by atoms with Crippen LogP contribution in [0.2, 0.25) is 0 Å². The molecule has 0 unspecified atom stereocenters. The molecular weight excluding hydrogens is 408 g/mol. The smallest absolute Gasteiger partial charge is 0.255 e. The number of hydrogen-bond acceptors (Lipinski definition) is 3. The summed E-state index contributed by atoms with van der Waals surface area (Å²) in [5.74, 6) is -0.000731. The predicted octanol–water partition coefficient (Wildman–Crippen LogP) is 4.96. The molecule has 0 spiro atoms. The van der Waals surface area contributed by atoms with Gasteiger partial charge in [-0.15, -0.1) is 0 Å². The summed E-state index contributed by atoms with van der Waals surface area (Å²) in [4.78, 5) is 24.8. The van der Waals surface area contributed by atoms with Crippen molar-refractivity contribution < 1.29 is 14.3 Å². The number of ether oxygens (including phenoxy) is 1. The Balaban J connectivity index is 1.79. The normalized spacial score (nSPS) is 10.1. The Morgan fingerprint density at radius 3 is 2.11 bits per heavy atom. The molecular formula is C21H17BrN2O3. The topological polar surface area (TPSA) is 67.4 Å². The number of hydrogen-bond donors (Lipinski definition) is 2. The molecule has 0 aliphatic rings. The van der Waals surface area contributed by atoms with Crippen LogP contribution >= 0.6 is 15.9 Å². The van der Waals surface area contributed by atoms with E-state index >= 15 is 0 Å². The summed E-state index contributed by atoms with van der Waals surface area (Å²) in [6.45, 7) is 0. The van der Waals surface area contributed by atoms with E-state index in [9.17, 15) is 9.59 Å². The van der Waals surface area contributed by atoms with Crippen LogP contribution in [0.1, 0.15) is 20.7 Å². The van der Waals surface area contributed by atoms with Crippen LogP contribution in [-0.2, 0) is 0 Å². The minimum absolute atomic E-state index is 0.243. The molecule has 0 bridgehead atoms. The number of nitrogens with one attached hydrogen (secondary N) is 2. The third kappa shape index (κ3) is 4.74. The first-order chi connectivity index (χ1) is 13.1. The van der Waals surface area contributed by atoms with Crippen LogP contribution in [0, 0.1) is 0 Å². The molecule has 0 fully saturated rings. The van der Waals surface area contributed by atoms with E-state index in [0.717, 1.165) is 4.47 Å². The SMILES string of the molecule is COc1ccc(NC(=O)c2ccc(Br)cc2)cc1NC(=O)c1ccccc1. The lowest BCUT2D eigenvalue weighted by molar-refractivity contribution is 0.101. The molecule has 0 radical (unpaired) electrons. The highest BCUT2D eigenvalue weighted by atomic mass is 79.9. The van der Waals surface area contributed by atoms with Gasteiger partial charge in [-0.05, 0) is 54.6 Å². The van der Waals surface area contributed by atoms with E-state index in [1.165, 1.54) is 7.11 Å². The molecule has 2 N–H and O–H groups in total. The Kier molecular flexibility index (Phi) is 5.88. The fraction of sp³-hybridized carbons (Fsp3) is 0.0476. The molecule has 3 rings (SSSR count). The zero-order valence-electron chi connectivity index (χ0n) is 14.5.